The normalized spacial score (nSPS) is 11.2. The lowest BCUT2D eigenvalue weighted by molar-refractivity contribution is 0.723. The molecule has 3 aromatic heterocycles. The highest BCUT2D eigenvalue weighted by Crippen LogP contribution is 2.23. The molecule has 0 fully saturated rings. The van der Waals surface area contributed by atoms with Crippen molar-refractivity contribution in [3.05, 3.63) is 24.4 Å². The first kappa shape index (κ1) is 11.2. The van der Waals surface area contributed by atoms with E-state index in [9.17, 15) is 0 Å². The van der Waals surface area contributed by atoms with E-state index in [2.05, 4.69) is 32.2 Å². The van der Waals surface area contributed by atoms with Crippen LogP contribution in [0.5, 0.6) is 0 Å². The molecule has 18 heavy (non-hydrogen) atoms. The van der Waals surface area contributed by atoms with Crippen LogP contribution in [0.1, 0.15) is 25.6 Å². The lowest BCUT2D eigenvalue weighted by Crippen LogP contribution is -1.96. The summed E-state index contributed by atoms with van der Waals surface area (Å²) in [6, 6.07) is 0. The molecule has 0 amide bonds. The van der Waals surface area contributed by atoms with Crippen LogP contribution >= 0.6 is 11.3 Å². The van der Waals surface area contributed by atoms with Gasteiger partial charge in [-0.2, -0.15) is 9.61 Å². The molecule has 3 rings (SSSR count). The molecule has 0 bridgehead atoms. The van der Waals surface area contributed by atoms with Crippen LogP contribution in [0, 0.1) is 0 Å². The van der Waals surface area contributed by atoms with Gasteiger partial charge in [0.05, 0.1) is 6.20 Å². The summed E-state index contributed by atoms with van der Waals surface area (Å²) in [4.78, 5) is 9.09. The van der Waals surface area contributed by atoms with E-state index in [1.165, 1.54) is 11.3 Å². The Kier molecular flexibility index (Phi) is 2.97. The molecule has 0 radical (unpaired) electrons. The second kappa shape index (κ2) is 4.77. The van der Waals surface area contributed by atoms with Gasteiger partial charge in [-0.05, 0) is 6.42 Å². The van der Waals surface area contributed by atoms with E-state index >= 15 is 0 Å². The Labute approximate surface area is 108 Å². The molecular formula is C11H12N6S. The Morgan fingerprint density at radius 2 is 2.22 bits per heavy atom. The number of aryl methyl sites for hydroxylation is 1. The molecule has 0 spiro atoms. The number of fused-ring (bicyclic) bond motifs is 1. The molecule has 92 valence electrons. The van der Waals surface area contributed by atoms with Gasteiger partial charge in [-0.1, -0.05) is 24.7 Å². The highest BCUT2D eigenvalue weighted by Gasteiger charge is 2.13. The molecule has 3 heterocycles. The predicted molar refractivity (Wildman–Crippen MR) is 68.3 cm³/mol. The molecular weight excluding hydrogens is 248 g/mol. The number of rotatable bonds is 4. The molecule has 0 saturated heterocycles. The van der Waals surface area contributed by atoms with Gasteiger partial charge in [0.1, 0.15) is 5.69 Å². The SMILES string of the molecule is CCCCc1nnc2sc(-c3cnccn3)nn12. The molecule has 3 aromatic rings. The van der Waals surface area contributed by atoms with Gasteiger partial charge < -0.3 is 0 Å². The number of hydrogen-bond acceptors (Lipinski definition) is 6. The van der Waals surface area contributed by atoms with Crippen LogP contribution in [-0.4, -0.2) is 29.8 Å². The molecule has 6 nitrogen and oxygen atoms in total. The number of hydrogen-bond donors (Lipinski definition) is 0. The number of nitrogens with zero attached hydrogens (tertiary/aromatic N) is 6. The molecule has 0 atom stereocenters. The van der Waals surface area contributed by atoms with Crippen LogP contribution in [0.2, 0.25) is 0 Å². The van der Waals surface area contributed by atoms with E-state index in [0.29, 0.717) is 0 Å². The third-order valence-corrected chi connectivity index (χ3v) is 3.51. The van der Waals surface area contributed by atoms with Crippen molar-refractivity contribution >= 4 is 16.3 Å². The van der Waals surface area contributed by atoms with Gasteiger partial charge in [0.15, 0.2) is 10.8 Å². The zero-order valence-corrected chi connectivity index (χ0v) is 10.8. The quantitative estimate of drug-likeness (QED) is 0.717. The maximum absolute atomic E-state index is 4.50. The third kappa shape index (κ3) is 1.97. The smallest absolute Gasteiger partial charge is 0.235 e. The Balaban J connectivity index is 1.99. The van der Waals surface area contributed by atoms with E-state index in [-0.39, 0.29) is 0 Å². The Morgan fingerprint density at radius 1 is 1.28 bits per heavy atom. The Hall–Kier alpha value is -1.89. The van der Waals surface area contributed by atoms with E-state index in [0.717, 1.165) is 40.7 Å². The first-order valence-corrected chi connectivity index (χ1v) is 6.67. The van der Waals surface area contributed by atoms with Crippen molar-refractivity contribution in [2.24, 2.45) is 0 Å². The molecule has 0 unspecified atom stereocenters. The van der Waals surface area contributed by atoms with Gasteiger partial charge >= 0.3 is 0 Å². The fraction of sp³-hybridized carbons (Fsp3) is 0.364. The minimum atomic E-state index is 0.773. The van der Waals surface area contributed by atoms with E-state index in [1.54, 1.807) is 18.6 Å². The van der Waals surface area contributed by atoms with Gasteiger partial charge in [0.25, 0.3) is 0 Å². The van der Waals surface area contributed by atoms with E-state index in [4.69, 9.17) is 0 Å². The molecule has 0 aliphatic rings. The van der Waals surface area contributed by atoms with Crippen LogP contribution in [-0.2, 0) is 6.42 Å². The Morgan fingerprint density at radius 3 is 3.00 bits per heavy atom. The lowest BCUT2D eigenvalue weighted by atomic mass is 10.2. The zero-order valence-electron chi connectivity index (χ0n) is 9.94. The van der Waals surface area contributed by atoms with Crippen molar-refractivity contribution in [1.82, 2.24) is 29.8 Å². The molecule has 0 aromatic carbocycles. The van der Waals surface area contributed by atoms with Crippen molar-refractivity contribution in [3.8, 4) is 10.7 Å². The Bertz CT molecular complexity index is 644. The fourth-order valence-corrected chi connectivity index (χ4v) is 2.48. The summed E-state index contributed by atoms with van der Waals surface area (Å²) < 4.78 is 1.81. The summed E-state index contributed by atoms with van der Waals surface area (Å²) in [5, 5.41) is 13.6. The maximum atomic E-state index is 4.50. The van der Waals surface area contributed by atoms with Gasteiger partial charge in [-0.25, -0.2) is 0 Å². The zero-order chi connectivity index (χ0) is 12.4. The van der Waals surface area contributed by atoms with Gasteiger partial charge in [-0.15, -0.1) is 10.2 Å². The largest absolute Gasteiger partial charge is 0.261 e. The summed E-state index contributed by atoms with van der Waals surface area (Å²) in [5.74, 6) is 0.915. The molecule has 0 saturated carbocycles. The second-order valence-corrected chi connectivity index (χ2v) is 4.87. The standard InChI is InChI=1S/C11H12N6S/c1-2-3-4-9-14-15-11-17(9)16-10(18-11)8-7-12-5-6-13-8/h5-7H,2-4H2,1H3. The summed E-state index contributed by atoms with van der Waals surface area (Å²) >= 11 is 1.48. The highest BCUT2D eigenvalue weighted by molar-refractivity contribution is 7.19. The molecule has 0 aliphatic heterocycles. The average Bonchev–Trinajstić information content (AvgIpc) is 2.98. The summed E-state index contributed by atoms with van der Waals surface area (Å²) in [6.45, 7) is 2.16. The first-order chi connectivity index (χ1) is 8.88. The lowest BCUT2D eigenvalue weighted by Gasteiger charge is -1.94. The van der Waals surface area contributed by atoms with E-state index in [1.807, 2.05) is 4.52 Å². The van der Waals surface area contributed by atoms with Crippen molar-refractivity contribution in [1.29, 1.82) is 0 Å². The summed E-state index contributed by atoms with van der Waals surface area (Å²) in [6.07, 6.45) is 8.15. The van der Waals surface area contributed by atoms with Gasteiger partial charge in [0, 0.05) is 18.8 Å². The maximum Gasteiger partial charge on any atom is 0.235 e. The third-order valence-electron chi connectivity index (χ3n) is 2.59. The monoisotopic (exact) mass is 260 g/mol. The van der Waals surface area contributed by atoms with Crippen molar-refractivity contribution < 1.29 is 0 Å². The summed E-state index contributed by atoms with van der Waals surface area (Å²) in [7, 11) is 0. The van der Waals surface area contributed by atoms with Gasteiger partial charge in [-0.3, -0.25) is 9.97 Å². The van der Waals surface area contributed by atoms with Crippen molar-refractivity contribution in [2.75, 3.05) is 0 Å². The topological polar surface area (TPSA) is 68.9 Å². The number of aromatic nitrogens is 6. The van der Waals surface area contributed by atoms with Crippen LogP contribution in [0.3, 0.4) is 0 Å². The van der Waals surface area contributed by atoms with Crippen LogP contribution < -0.4 is 0 Å². The average molecular weight is 260 g/mol. The molecule has 0 N–H and O–H groups in total. The van der Waals surface area contributed by atoms with E-state index < -0.39 is 0 Å². The van der Waals surface area contributed by atoms with Crippen LogP contribution in [0.4, 0.5) is 0 Å². The first-order valence-electron chi connectivity index (χ1n) is 5.86. The van der Waals surface area contributed by atoms with Gasteiger partial charge in [0.2, 0.25) is 4.96 Å². The van der Waals surface area contributed by atoms with Crippen LogP contribution in [0.25, 0.3) is 15.7 Å². The van der Waals surface area contributed by atoms with Crippen molar-refractivity contribution in [2.45, 2.75) is 26.2 Å². The minimum Gasteiger partial charge on any atom is -0.261 e. The second-order valence-electron chi connectivity index (χ2n) is 3.91. The number of unbranched alkanes of at least 4 members (excludes halogenated alkanes) is 1. The minimum absolute atomic E-state index is 0.773. The summed E-state index contributed by atoms with van der Waals surface area (Å²) in [5.41, 5.74) is 0.773. The molecule has 0 aliphatic carbocycles. The van der Waals surface area contributed by atoms with Crippen molar-refractivity contribution in [3.63, 3.8) is 0 Å². The van der Waals surface area contributed by atoms with Crippen LogP contribution in [0.15, 0.2) is 18.6 Å². The highest BCUT2D eigenvalue weighted by atomic mass is 32.1. The molecule has 7 heteroatoms. The fourth-order valence-electron chi connectivity index (χ4n) is 1.66. The predicted octanol–water partition coefficient (Wildman–Crippen LogP) is 1.99.